The summed E-state index contributed by atoms with van der Waals surface area (Å²) in [6, 6.07) is -0.116. The average molecular weight is 245 g/mol. The van der Waals surface area contributed by atoms with Crippen LogP contribution < -0.4 is 0 Å². The van der Waals surface area contributed by atoms with Crippen LogP contribution in [0.4, 0.5) is 0 Å². The zero-order chi connectivity index (χ0) is 13.1. The maximum absolute atomic E-state index is 9.92. The van der Waals surface area contributed by atoms with Gasteiger partial charge in [0.05, 0.1) is 18.8 Å². The van der Waals surface area contributed by atoms with Crippen LogP contribution in [0.15, 0.2) is 0 Å². The van der Waals surface area contributed by atoms with Crippen LogP contribution in [-0.4, -0.2) is 48.0 Å². The summed E-state index contributed by atoms with van der Waals surface area (Å²) in [5.74, 6) is 0. The fourth-order valence-electron chi connectivity index (χ4n) is 2.13. The van der Waals surface area contributed by atoms with Gasteiger partial charge >= 0.3 is 0 Å². The molecule has 0 aromatic carbocycles. The molecule has 0 aromatic rings. The first-order chi connectivity index (χ1) is 8.13. The Bertz CT molecular complexity index is 162. The van der Waals surface area contributed by atoms with Crippen molar-refractivity contribution in [1.29, 1.82) is 0 Å². The number of unbranched alkanes of at least 4 members (excludes halogenated alkanes) is 6. The lowest BCUT2D eigenvalue weighted by Crippen LogP contribution is -2.41. The molecule has 3 nitrogen and oxygen atoms in total. The maximum atomic E-state index is 9.92. The molecule has 0 saturated heterocycles. The highest BCUT2D eigenvalue weighted by Gasteiger charge is 2.19. The Kier molecular flexibility index (Phi) is 10.9. The Morgan fingerprint density at radius 3 is 1.94 bits per heavy atom. The van der Waals surface area contributed by atoms with Crippen LogP contribution in [0.3, 0.4) is 0 Å². The molecule has 2 unspecified atom stereocenters. The van der Waals surface area contributed by atoms with Crippen LogP contribution in [0.2, 0.25) is 0 Å². The summed E-state index contributed by atoms with van der Waals surface area (Å²) >= 11 is 0. The van der Waals surface area contributed by atoms with E-state index in [1.54, 1.807) is 0 Å². The summed E-state index contributed by atoms with van der Waals surface area (Å²) in [5.41, 5.74) is 0. The Balaban J connectivity index is 3.46. The molecule has 17 heavy (non-hydrogen) atoms. The molecule has 0 aromatic heterocycles. The first-order valence-electron chi connectivity index (χ1n) is 7.08. The van der Waals surface area contributed by atoms with E-state index in [4.69, 9.17) is 5.11 Å². The summed E-state index contributed by atoms with van der Waals surface area (Å²) in [4.78, 5) is 1.89. The number of aliphatic hydroxyl groups excluding tert-OH is 2. The fraction of sp³-hybridized carbons (Fsp3) is 1.00. The van der Waals surface area contributed by atoms with E-state index in [1.807, 2.05) is 19.0 Å². The van der Waals surface area contributed by atoms with Gasteiger partial charge in [0, 0.05) is 0 Å². The highest BCUT2D eigenvalue weighted by molar-refractivity contribution is 4.74. The Morgan fingerprint density at radius 1 is 0.941 bits per heavy atom. The number of nitrogens with zero attached hydrogens (tertiary/aromatic N) is 1. The van der Waals surface area contributed by atoms with Crippen molar-refractivity contribution in [3.63, 3.8) is 0 Å². The molecular weight excluding hydrogens is 214 g/mol. The summed E-state index contributed by atoms with van der Waals surface area (Å²) in [5, 5.41) is 19.1. The summed E-state index contributed by atoms with van der Waals surface area (Å²) < 4.78 is 0. The second-order valence-electron chi connectivity index (χ2n) is 5.19. The predicted molar refractivity (Wildman–Crippen MR) is 73.2 cm³/mol. The zero-order valence-electron chi connectivity index (χ0n) is 11.9. The van der Waals surface area contributed by atoms with Crippen molar-refractivity contribution in [3.05, 3.63) is 0 Å². The van der Waals surface area contributed by atoms with Crippen molar-refractivity contribution in [2.24, 2.45) is 0 Å². The largest absolute Gasteiger partial charge is 0.395 e. The quantitative estimate of drug-likeness (QED) is 0.549. The third-order valence-electron chi connectivity index (χ3n) is 3.40. The van der Waals surface area contributed by atoms with Crippen molar-refractivity contribution in [1.82, 2.24) is 4.90 Å². The van der Waals surface area contributed by atoms with E-state index in [9.17, 15) is 5.11 Å². The van der Waals surface area contributed by atoms with E-state index in [-0.39, 0.29) is 12.6 Å². The standard InChI is InChI=1S/C14H31NO2/c1-4-5-6-7-8-9-10-11-14(17)13(12-16)15(2)3/h13-14,16-17H,4-12H2,1-3H3. The lowest BCUT2D eigenvalue weighted by Gasteiger charge is -2.27. The van der Waals surface area contributed by atoms with Crippen molar-refractivity contribution >= 4 is 0 Å². The third kappa shape index (κ3) is 8.58. The molecule has 2 atom stereocenters. The minimum atomic E-state index is -0.398. The first kappa shape index (κ1) is 16.9. The number of hydrogen-bond acceptors (Lipinski definition) is 3. The van der Waals surface area contributed by atoms with Crippen LogP contribution >= 0.6 is 0 Å². The van der Waals surface area contributed by atoms with E-state index in [0.717, 1.165) is 12.8 Å². The average Bonchev–Trinajstić information content (AvgIpc) is 2.28. The lowest BCUT2D eigenvalue weighted by atomic mass is 10.0. The summed E-state index contributed by atoms with van der Waals surface area (Å²) in [6.07, 6.45) is 9.25. The second kappa shape index (κ2) is 11.0. The van der Waals surface area contributed by atoms with Gasteiger partial charge < -0.3 is 15.1 Å². The molecule has 0 saturated carbocycles. The van der Waals surface area contributed by atoms with Gasteiger partial charge in [0.15, 0.2) is 0 Å². The smallest absolute Gasteiger partial charge is 0.0717 e. The molecule has 2 N–H and O–H groups in total. The Hall–Kier alpha value is -0.120. The third-order valence-corrected chi connectivity index (χ3v) is 3.40. The molecule has 0 aliphatic rings. The number of likely N-dealkylation sites (N-methyl/N-ethyl adjacent to an activating group) is 1. The molecule has 0 radical (unpaired) electrons. The summed E-state index contributed by atoms with van der Waals surface area (Å²) in [6.45, 7) is 2.26. The van der Waals surface area contributed by atoms with E-state index in [0.29, 0.717) is 0 Å². The highest BCUT2D eigenvalue weighted by Crippen LogP contribution is 2.12. The van der Waals surface area contributed by atoms with Gasteiger partial charge in [-0.2, -0.15) is 0 Å². The van der Waals surface area contributed by atoms with Crippen molar-refractivity contribution in [2.45, 2.75) is 70.4 Å². The van der Waals surface area contributed by atoms with Crippen molar-refractivity contribution in [3.8, 4) is 0 Å². The van der Waals surface area contributed by atoms with Gasteiger partial charge in [-0.3, -0.25) is 0 Å². The minimum absolute atomic E-state index is 0.0324. The van der Waals surface area contributed by atoms with Gasteiger partial charge in [-0.1, -0.05) is 51.9 Å². The van der Waals surface area contributed by atoms with Crippen LogP contribution in [0.25, 0.3) is 0 Å². The normalized spacial score (nSPS) is 15.2. The molecule has 0 spiro atoms. The topological polar surface area (TPSA) is 43.7 Å². The molecule has 0 heterocycles. The second-order valence-corrected chi connectivity index (χ2v) is 5.19. The van der Waals surface area contributed by atoms with Gasteiger partial charge in [0.2, 0.25) is 0 Å². The van der Waals surface area contributed by atoms with Crippen molar-refractivity contribution in [2.75, 3.05) is 20.7 Å². The monoisotopic (exact) mass is 245 g/mol. The van der Waals surface area contributed by atoms with Gasteiger partial charge in [-0.05, 0) is 20.5 Å². The highest BCUT2D eigenvalue weighted by atomic mass is 16.3. The van der Waals surface area contributed by atoms with Crippen LogP contribution in [0.5, 0.6) is 0 Å². The van der Waals surface area contributed by atoms with Crippen LogP contribution in [-0.2, 0) is 0 Å². The molecule has 0 rings (SSSR count). The summed E-state index contributed by atoms with van der Waals surface area (Å²) in [7, 11) is 3.80. The molecule has 0 bridgehead atoms. The first-order valence-corrected chi connectivity index (χ1v) is 7.08. The van der Waals surface area contributed by atoms with Gasteiger partial charge in [0.1, 0.15) is 0 Å². The zero-order valence-corrected chi connectivity index (χ0v) is 11.9. The number of aliphatic hydroxyl groups is 2. The van der Waals surface area contributed by atoms with E-state index >= 15 is 0 Å². The van der Waals surface area contributed by atoms with Crippen LogP contribution in [0, 0.1) is 0 Å². The molecule has 0 fully saturated rings. The molecule has 0 aliphatic carbocycles. The maximum Gasteiger partial charge on any atom is 0.0717 e. The number of rotatable bonds is 11. The Morgan fingerprint density at radius 2 is 1.47 bits per heavy atom. The minimum Gasteiger partial charge on any atom is -0.395 e. The van der Waals surface area contributed by atoms with Crippen molar-refractivity contribution < 1.29 is 10.2 Å². The lowest BCUT2D eigenvalue weighted by molar-refractivity contribution is 0.0333. The fourth-order valence-corrected chi connectivity index (χ4v) is 2.13. The van der Waals surface area contributed by atoms with E-state index in [2.05, 4.69) is 6.92 Å². The molecule has 3 heteroatoms. The number of hydrogen-bond donors (Lipinski definition) is 2. The SMILES string of the molecule is CCCCCCCCCC(O)C(CO)N(C)C. The van der Waals surface area contributed by atoms with Gasteiger partial charge in [-0.15, -0.1) is 0 Å². The molecular formula is C14H31NO2. The van der Waals surface area contributed by atoms with Crippen LogP contribution in [0.1, 0.15) is 58.3 Å². The Labute approximate surface area is 107 Å². The molecule has 0 aliphatic heterocycles. The predicted octanol–water partition coefficient (Wildman–Crippen LogP) is 2.41. The molecule has 104 valence electrons. The van der Waals surface area contributed by atoms with Gasteiger partial charge in [-0.25, -0.2) is 0 Å². The van der Waals surface area contributed by atoms with E-state index < -0.39 is 6.10 Å². The van der Waals surface area contributed by atoms with Gasteiger partial charge in [0.25, 0.3) is 0 Å². The van der Waals surface area contributed by atoms with E-state index in [1.165, 1.54) is 38.5 Å². The molecule has 0 amide bonds.